The third-order valence-corrected chi connectivity index (χ3v) is 4.00. The number of rotatable bonds is 3. The van der Waals surface area contributed by atoms with Crippen LogP contribution in [0.3, 0.4) is 0 Å². The lowest BCUT2D eigenvalue weighted by molar-refractivity contribution is 0.387. The molecule has 1 aliphatic heterocycles. The van der Waals surface area contributed by atoms with Crippen LogP contribution in [0.15, 0.2) is 54.6 Å². The highest BCUT2D eigenvalue weighted by atomic mass is 16.6. The molecule has 4 rings (SSSR count). The summed E-state index contributed by atoms with van der Waals surface area (Å²) in [6, 6.07) is 17.5. The molecule has 0 aromatic heterocycles. The fourth-order valence-corrected chi connectivity index (χ4v) is 2.95. The molecular weight excluding hydrogens is 291 g/mol. The van der Waals surface area contributed by atoms with Gasteiger partial charge in [-0.3, -0.25) is 0 Å². The molecule has 0 radical (unpaired) electrons. The lowest BCUT2D eigenvalue weighted by atomic mass is 9.76. The van der Waals surface area contributed by atoms with Gasteiger partial charge in [0.05, 0.1) is 25.1 Å². The van der Waals surface area contributed by atoms with Gasteiger partial charge in [-0.2, -0.15) is 0 Å². The molecule has 0 bridgehead atoms. The third-order valence-electron chi connectivity index (χ3n) is 4.00. The second-order valence-corrected chi connectivity index (χ2v) is 5.25. The zero-order valence-corrected chi connectivity index (χ0v) is 12.9. The Labute approximate surface area is 134 Å². The van der Waals surface area contributed by atoms with E-state index in [-0.39, 0.29) is 0 Å². The Hall–Kier alpha value is -2.82. The molecule has 0 saturated heterocycles. The Kier molecular flexibility index (Phi) is 3.26. The SMILES string of the molecule is COc1cccc(OC)c1B1Oc2cccc3cccc(c23)O1. The molecule has 0 atom stereocenters. The first kappa shape index (κ1) is 13.8. The monoisotopic (exact) mass is 306 g/mol. The minimum absolute atomic E-state index is 0.624. The van der Waals surface area contributed by atoms with Crippen LogP contribution < -0.4 is 24.2 Å². The number of methoxy groups -OCH3 is 2. The molecule has 1 aliphatic rings. The minimum atomic E-state index is -0.624. The van der Waals surface area contributed by atoms with Gasteiger partial charge in [0.15, 0.2) is 0 Å². The zero-order chi connectivity index (χ0) is 15.8. The summed E-state index contributed by atoms with van der Waals surface area (Å²) in [4.78, 5) is 0. The van der Waals surface area contributed by atoms with Crippen molar-refractivity contribution in [1.82, 2.24) is 0 Å². The third kappa shape index (κ3) is 2.16. The van der Waals surface area contributed by atoms with Gasteiger partial charge in [0.25, 0.3) is 0 Å². The number of benzene rings is 3. The Morgan fingerprint density at radius 3 is 1.78 bits per heavy atom. The van der Waals surface area contributed by atoms with E-state index in [9.17, 15) is 0 Å². The van der Waals surface area contributed by atoms with E-state index in [2.05, 4.69) is 0 Å². The van der Waals surface area contributed by atoms with Gasteiger partial charge in [-0.1, -0.05) is 30.3 Å². The quantitative estimate of drug-likeness (QED) is 0.697. The van der Waals surface area contributed by atoms with Crippen LogP contribution in [-0.4, -0.2) is 21.3 Å². The summed E-state index contributed by atoms with van der Waals surface area (Å²) in [7, 11) is 2.62. The summed E-state index contributed by atoms with van der Waals surface area (Å²) in [6.45, 7) is 0. The second-order valence-electron chi connectivity index (χ2n) is 5.25. The van der Waals surface area contributed by atoms with Gasteiger partial charge in [0.2, 0.25) is 0 Å². The van der Waals surface area contributed by atoms with Crippen molar-refractivity contribution < 1.29 is 18.8 Å². The van der Waals surface area contributed by atoms with E-state index < -0.39 is 7.12 Å². The average molecular weight is 306 g/mol. The summed E-state index contributed by atoms with van der Waals surface area (Å²) >= 11 is 0. The number of ether oxygens (including phenoxy) is 2. The highest BCUT2D eigenvalue weighted by molar-refractivity contribution is 6.65. The molecule has 0 amide bonds. The van der Waals surface area contributed by atoms with E-state index in [1.165, 1.54) is 0 Å². The van der Waals surface area contributed by atoms with Crippen molar-refractivity contribution in [2.45, 2.75) is 0 Å². The molecule has 0 unspecified atom stereocenters. The molecule has 4 nitrogen and oxygen atoms in total. The Bertz CT molecular complexity index is 815. The van der Waals surface area contributed by atoms with Crippen molar-refractivity contribution in [1.29, 1.82) is 0 Å². The van der Waals surface area contributed by atoms with Gasteiger partial charge in [-0.15, -0.1) is 0 Å². The highest BCUT2D eigenvalue weighted by Crippen LogP contribution is 2.38. The maximum atomic E-state index is 6.09. The van der Waals surface area contributed by atoms with Gasteiger partial charge in [0.1, 0.15) is 23.0 Å². The van der Waals surface area contributed by atoms with Crippen molar-refractivity contribution in [3.63, 3.8) is 0 Å². The number of hydrogen-bond acceptors (Lipinski definition) is 4. The van der Waals surface area contributed by atoms with Crippen LogP contribution >= 0.6 is 0 Å². The van der Waals surface area contributed by atoms with E-state index in [0.717, 1.165) is 27.7 Å². The van der Waals surface area contributed by atoms with E-state index in [0.29, 0.717) is 11.5 Å². The van der Waals surface area contributed by atoms with Gasteiger partial charge < -0.3 is 18.8 Å². The molecule has 0 N–H and O–H groups in total. The van der Waals surface area contributed by atoms with Crippen LogP contribution in [0, 0.1) is 0 Å². The maximum absolute atomic E-state index is 6.09. The van der Waals surface area contributed by atoms with Crippen molar-refractivity contribution in [3.05, 3.63) is 54.6 Å². The molecule has 0 saturated carbocycles. The summed E-state index contributed by atoms with van der Waals surface area (Å²) in [5, 5.41) is 2.07. The van der Waals surface area contributed by atoms with Crippen molar-refractivity contribution >= 4 is 23.4 Å². The molecule has 3 aromatic carbocycles. The van der Waals surface area contributed by atoms with E-state index in [4.69, 9.17) is 18.8 Å². The van der Waals surface area contributed by atoms with Crippen LogP contribution in [0.4, 0.5) is 0 Å². The molecule has 0 aliphatic carbocycles. The Morgan fingerprint density at radius 1 is 0.739 bits per heavy atom. The van der Waals surface area contributed by atoms with Crippen LogP contribution in [-0.2, 0) is 0 Å². The van der Waals surface area contributed by atoms with Crippen molar-refractivity contribution in [2.75, 3.05) is 14.2 Å². The summed E-state index contributed by atoms with van der Waals surface area (Å²) in [6.07, 6.45) is 0. The molecule has 23 heavy (non-hydrogen) atoms. The summed E-state index contributed by atoms with van der Waals surface area (Å²) in [5.74, 6) is 2.92. The molecule has 1 heterocycles. The Morgan fingerprint density at radius 2 is 1.26 bits per heavy atom. The van der Waals surface area contributed by atoms with Gasteiger partial charge in [0, 0.05) is 0 Å². The fourth-order valence-electron chi connectivity index (χ4n) is 2.95. The van der Waals surface area contributed by atoms with Gasteiger partial charge in [-0.05, 0) is 29.7 Å². The molecule has 0 fully saturated rings. The van der Waals surface area contributed by atoms with Crippen LogP contribution in [0.1, 0.15) is 0 Å². The zero-order valence-electron chi connectivity index (χ0n) is 12.9. The summed E-state index contributed by atoms with van der Waals surface area (Å²) < 4.78 is 23.1. The predicted octanol–water partition coefficient (Wildman–Crippen LogP) is 3.02. The summed E-state index contributed by atoms with van der Waals surface area (Å²) in [5.41, 5.74) is 0.740. The van der Waals surface area contributed by atoms with Crippen LogP contribution in [0.2, 0.25) is 0 Å². The molecule has 5 heteroatoms. The van der Waals surface area contributed by atoms with Gasteiger partial charge in [-0.25, -0.2) is 0 Å². The molecule has 114 valence electrons. The van der Waals surface area contributed by atoms with Crippen molar-refractivity contribution in [2.24, 2.45) is 0 Å². The normalized spacial score (nSPS) is 12.5. The topological polar surface area (TPSA) is 36.9 Å². The van der Waals surface area contributed by atoms with Crippen LogP contribution in [0.25, 0.3) is 10.8 Å². The largest absolute Gasteiger partial charge is 0.640 e. The average Bonchev–Trinajstić information content (AvgIpc) is 2.61. The Balaban J connectivity index is 1.86. The molecule has 0 spiro atoms. The first-order valence-corrected chi connectivity index (χ1v) is 7.38. The van der Waals surface area contributed by atoms with Crippen molar-refractivity contribution in [3.8, 4) is 23.0 Å². The van der Waals surface area contributed by atoms with Crippen LogP contribution in [0.5, 0.6) is 23.0 Å². The fraction of sp³-hybridized carbons (Fsp3) is 0.111. The minimum Gasteiger partial charge on any atom is -0.521 e. The van der Waals surface area contributed by atoms with E-state index >= 15 is 0 Å². The predicted molar refractivity (Wildman–Crippen MR) is 90.1 cm³/mol. The first-order chi connectivity index (χ1) is 11.3. The van der Waals surface area contributed by atoms with Gasteiger partial charge >= 0.3 is 7.12 Å². The maximum Gasteiger partial charge on any atom is 0.640 e. The first-order valence-electron chi connectivity index (χ1n) is 7.38. The van der Waals surface area contributed by atoms with E-state index in [1.807, 2.05) is 54.6 Å². The standard InChI is InChI=1S/C18H15BO4/c1-20-15-10-5-11-16(21-2)18(15)19-22-13-8-3-6-12-7-4-9-14(23-19)17(12)13/h3-11H,1-2H3. The molecular formula is C18H15BO4. The molecule has 3 aromatic rings. The second kappa shape index (κ2) is 5.43. The highest BCUT2D eigenvalue weighted by Gasteiger charge is 2.37. The van der Waals surface area contributed by atoms with E-state index in [1.54, 1.807) is 14.2 Å². The lowest BCUT2D eigenvalue weighted by Gasteiger charge is -2.26. The lowest BCUT2D eigenvalue weighted by Crippen LogP contribution is -2.45. The number of hydrogen-bond donors (Lipinski definition) is 0. The smallest absolute Gasteiger partial charge is 0.521 e.